The second-order valence-electron chi connectivity index (χ2n) is 5.67. The zero-order valence-corrected chi connectivity index (χ0v) is 16.1. The lowest BCUT2D eigenvalue weighted by Gasteiger charge is -2.10. The number of anilines is 1. The fraction of sp³-hybridized carbons (Fsp3) is 0.263. The monoisotopic (exact) mass is 401 g/mol. The molecule has 2 aromatic heterocycles. The average molecular weight is 402 g/mol. The summed E-state index contributed by atoms with van der Waals surface area (Å²) in [6, 6.07) is 9.49. The Labute approximate surface area is 155 Å². The minimum absolute atomic E-state index is 0.177. The van der Waals surface area contributed by atoms with E-state index in [-0.39, 0.29) is 5.91 Å². The van der Waals surface area contributed by atoms with E-state index in [4.69, 9.17) is 4.74 Å². The zero-order chi connectivity index (χ0) is 18.0. The number of benzene rings is 1. The van der Waals surface area contributed by atoms with Crippen molar-refractivity contribution in [3.05, 3.63) is 58.0 Å². The van der Waals surface area contributed by atoms with Gasteiger partial charge < -0.3 is 10.1 Å². The number of fused-ring (bicyclic) bond motifs is 1. The van der Waals surface area contributed by atoms with Gasteiger partial charge in [0.05, 0.1) is 12.3 Å². The highest BCUT2D eigenvalue weighted by molar-refractivity contribution is 9.10. The summed E-state index contributed by atoms with van der Waals surface area (Å²) in [5.41, 5.74) is 3.73. The van der Waals surface area contributed by atoms with Crippen molar-refractivity contribution in [1.29, 1.82) is 0 Å². The van der Waals surface area contributed by atoms with Gasteiger partial charge in [-0.1, -0.05) is 22.9 Å². The van der Waals surface area contributed by atoms with Crippen LogP contribution in [0.3, 0.4) is 0 Å². The largest absolute Gasteiger partial charge is 0.490 e. The van der Waals surface area contributed by atoms with E-state index in [9.17, 15) is 4.79 Å². The molecule has 0 saturated carbocycles. The first-order chi connectivity index (χ1) is 12.0. The molecule has 6 heteroatoms. The molecule has 0 spiro atoms. The van der Waals surface area contributed by atoms with Gasteiger partial charge in [-0.3, -0.25) is 9.20 Å². The van der Waals surface area contributed by atoms with Crippen molar-refractivity contribution in [1.82, 2.24) is 9.38 Å². The summed E-state index contributed by atoms with van der Waals surface area (Å²) >= 11 is 3.44. The van der Waals surface area contributed by atoms with Gasteiger partial charge in [-0.2, -0.15) is 0 Å². The number of halogens is 1. The van der Waals surface area contributed by atoms with Gasteiger partial charge in [-0.05, 0) is 56.2 Å². The van der Waals surface area contributed by atoms with E-state index in [1.54, 1.807) is 4.40 Å². The first kappa shape index (κ1) is 17.5. The van der Waals surface area contributed by atoms with Gasteiger partial charge in [-0.25, -0.2) is 4.98 Å². The lowest BCUT2D eigenvalue weighted by Crippen LogP contribution is -2.17. The number of imidazole rings is 1. The number of hydrogen-bond acceptors (Lipinski definition) is 3. The maximum absolute atomic E-state index is 13.0. The quantitative estimate of drug-likeness (QED) is 0.678. The van der Waals surface area contributed by atoms with Crippen molar-refractivity contribution >= 4 is 33.2 Å². The first-order valence-electron chi connectivity index (χ1n) is 8.25. The van der Waals surface area contributed by atoms with Crippen LogP contribution in [0.25, 0.3) is 5.65 Å². The van der Waals surface area contributed by atoms with Crippen LogP contribution in [0.5, 0.6) is 5.75 Å². The van der Waals surface area contributed by atoms with Crippen molar-refractivity contribution in [2.24, 2.45) is 0 Å². The fourth-order valence-electron chi connectivity index (χ4n) is 2.79. The van der Waals surface area contributed by atoms with Crippen LogP contribution < -0.4 is 10.1 Å². The molecule has 25 heavy (non-hydrogen) atoms. The number of carbonyl (C=O) groups is 1. The maximum Gasteiger partial charge on any atom is 0.274 e. The Bertz CT molecular complexity index is 934. The van der Waals surface area contributed by atoms with Crippen molar-refractivity contribution < 1.29 is 9.53 Å². The molecule has 0 unspecified atom stereocenters. The molecule has 3 rings (SSSR count). The molecule has 0 aliphatic carbocycles. The molecule has 0 aliphatic heterocycles. The second-order valence-corrected chi connectivity index (χ2v) is 6.59. The number of nitrogens with zero attached hydrogens (tertiary/aromatic N) is 2. The van der Waals surface area contributed by atoms with Crippen LogP contribution in [-0.2, 0) is 6.42 Å². The van der Waals surface area contributed by atoms with Crippen LogP contribution >= 0.6 is 15.9 Å². The van der Waals surface area contributed by atoms with E-state index in [2.05, 4.69) is 26.2 Å². The molecule has 3 aromatic rings. The molecule has 1 aromatic carbocycles. The number of aromatic nitrogens is 2. The highest BCUT2D eigenvalue weighted by Gasteiger charge is 2.20. The SMILES string of the molecule is CCOc1cccn2c(C(=O)Nc3ccc(Br)cc3C)c(CC)nc12. The third-order valence-corrected chi connectivity index (χ3v) is 4.47. The van der Waals surface area contributed by atoms with Crippen molar-refractivity contribution in [2.45, 2.75) is 27.2 Å². The molecule has 1 N–H and O–H groups in total. The number of pyridine rings is 1. The summed E-state index contributed by atoms with van der Waals surface area (Å²) in [5.74, 6) is 0.502. The standard InChI is InChI=1S/C19H20BrN3O2/c1-4-14-17(19(24)22-15-9-8-13(20)11-12(15)3)23-10-6-7-16(25-5-2)18(23)21-14/h6-11H,4-5H2,1-3H3,(H,22,24). The minimum Gasteiger partial charge on any atom is -0.490 e. The molecular formula is C19H20BrN3O2. The summed E-state index contributed by atoms with van der Waals surface area (Å²) in [6.07, 6.45) is 2.50. The summed E-state index contributed by atoms with van der Waals surface area (Å²) in [5, 5.41) is 3.00. The number of amides is 1. The van der Waals surface area contributed by atoms with Gasteiger partial charge >= 0.3 is 0 Å². The van der Waals surface area contributed by atoms with E-state index in [1.165, 1.54) is 0 Å². The number of ether oxygens (including phenoxy) is 1. The first-order valence-corrected chi connectivity index (χ1v) is 9.04. The molecule has 0 saturated heterocycles. The smallest absolute Gasteiger partial charge is 0.274 e. The van der Waals surface area contributed by atoms with Crippen molar-refractivity contribution in [2.75, 3.05) is 11.9 Å². The van der Waals surface area contributed by atoms with Crippen molar-refractivity contribution in [3.8, 4) is 5.75 Å². The molecule has 0 atom stereocenters. The molecule has 1 amide bonds. The topological polar surface area (TPSA) is 55.6 Å². The van der Waals surface area contributed by atoms with Crippen molar-refractivity contribution in [3.63, 3.8) is 0 Å². The van der Waals surface area contributed by atoms with Gasteiger partial charge in [0.25, 0.3) is 5.91 Å². The maximum atomic E-state index is 13.0. The van der Waals surface area contributed by atoms with Gasteiger partial charge in [0.1, 0.15) is 5.69 Å². The third-order valence-electron chi connectivity index (χ3n) is 3.97. The molecule has 0 fully saturated rings. The highest BCUT2D eigenvalue weighted by Crippen LogP contribution is 2.25. The fourth-order valence-corrected chi connectivity index (χ4v) is 3.27. The van der Waals surface area contributed by atoms with E-state index in [1.807, 2.05) is 57.3 Å². The number of carbonyl (C=O) groups excluding carboxylic acids is 1. The lowest BCUT2D eigenvalue weighted by atomic mass is 10.2. The Morgan fingerprint density at radius 1 is 1.32 bits per heavy atom. The summed E-state index contributed by atoms with van der Waals surface area (Å²) in [4.78, 5) is 17.6. The van der Waals surface area contributed by atoms with E-state index >= 15 is 0 Å². The lowest BCUT2D eigenvalue weighted by molar-refractivity contribution is 0.102. The van der Waals surface area contributed by atoms with Crippen LogP contribution in [0.1, 0.15) is 35.6 Å². The van der Waals surface area contributed by atoms with Crippen LogP contribution in [-0.4, -0.2) is 21.9 Å². The normalized spacial score (nSPS) is 10.9. The predicted octanol–water partition coefficient (Wildman–Crippen LogP) is 4.62. The van der Waals surface area contributed by atoms with Crippen LogP contribution in [0, 0.1) is 6.92 Å². The number of nitrogens with one attached hydrogen (secondary N) is 1. The zero-order valence-electron chi connectivity index (χ0n) is 14.5. The Kier molecular flexibility index (Phi) is 5.08. The van der Waals surface area contributed by atoms with Crippen LogP contribution in [0.15, 0.2) is 41.0 Å². The Hall–Kier alpha value is -2.34. The number of aryl methyl sites for hydroxylation is 2. The third kappa shape index (κ3) is 3.39. The Morgan fingerprint density at radius 2 is 2.12 bits per heavy atom. The Balaban J connectivity index is 2.04. The molecular weight excluding hydrogens is 382 g/mol. The van der Waals surface area contributed by atoms with Gasteiger partial charge in [0.2, 0.25) is 0 Å². The van der Waals surface area contributed by atoms with Gasteiger partial charge in [0.15, 0.2) is 11.4 Å². The number of hydrogen-bond donors (Lipinski definition) is 1. The minimum atomic E-state index is -0.177. The summed E-state index contributed by atoms with van der Waals surface area (Å²) < 4.78 is 8.42. The van der Waals surface area contributed by atoms with Gasteiger partial charge in [-0.15, -0.1) is 0 Å². The van der Waals surface area contributed by atoms with Gasteiger partial charge in [0, 0.05) is 16.4 Å². The molecule has 5 nitrogen and oxygen atoms in total. The molecule has 0 aliphatic rings. The predicted molar refractivity (Wildman–Crippen MR) is 103 cm³/mol. The summed E-state index contributed by atoms with van der Waals surface area (Å²) in [6.45, 7) is 6.43. The van der Waals surface area contributed by atoms with E-state index < -0.39 is 0 Å². The molecule has 2 heterocycles. The second kappa shape index (κ2) is 7.27. The van der Waals surface area contributed by atoms with Crippen LogP contribution in [0.4, 0.5) is 5.69 Å². The Morgan fingerprint density at radius 3 is 2.80 bits per heavy atom. The molecule has 130 valence electrons. The van der Waals surface area contributed by atoms with E-state index in [0.717, 1.165) is 21.4 Å². The summed E-state index contributed by atoms with van der Waals surface area (Å²) in [7, 11) is 0. The van der Waals surface area contributed by atoms with Crippen LogP contribution in [0.2, 0.25) is 0 Å². The van der Waals surface area contributed by atoms with E-state index in [0.29, 0.717) is 30.1 Å². The highest BCUT2D eigenvalue weighted by atomic mass is 79.9. The molecule has 0 radical (unpaired) electrons. The average Bonchev–Trinajstić information content (AvgIpc) is 2.97. The number of rotatable bonds is 5. The molecule has 0 bridgehead atoms.